The van der Waals surface area contributed by atoms with E-state index < -0.39 is 0 Å². The van der Waals surface area contributed by atoms with Crippen molar-refractivity contribution < 1.29 is 28.5 Å². The fourth-order valence-electron chi connectivity index (χ4n) is 3.36. The Morgan fingerprint density at radius 1 is 0.886 bits per heavy atom. The molecule has 0 saturated carbocycles. The molecule has 2 aromatic carbocycles. The highest BCUT2D eigenvalue weighted by molar-refractivity contribution is 8.18. The van der Waals surface area contributed by atoms with E-state index in [9.17, 15) is 9.59 Å². The van der Waals surface area contributed by atoms with Crippen LogP contribution in [0.25, 0.3) is 6.08 Å². The Kier molecular flexibility index (Phi) is 7.89. The molecule has 2 heterocycles. The lowest BCUT2D eigenvalue weighted by atomic mass is 10.2. The summed E-state index contributed by atoms with van der Waals surface area (Å²) in [5, 5.41) is -0.339. The number of pyridine rings is 1. The van der Waals surface area contributed by atoms with Crippen LogP contribution in [0.2, 0.25) is 0 Å². The molecule has 3 aromatic rings. The van der Waals surface area contributed by atoms with Crippen molar-refractivity contribution in [2.45, 2.75) is 6.61 Å². The summed E-state index contributed by atoms with van der Waals surface area (Å²) in [6.07, 6.45) is 5.08. The largest absolute Gasteiger partial charge is 0.493 e. The van der Waals surface area contributed by atoms with Gasteiger partial charge in [0.15, 0.2) is 23.0 Å². The average Bonchev–Trinajstić information content (AvgIpc) is 3.16. The first-order valence-electron chi connectivity index (χ1n) is 10.8. The summed E-state index contributed by atoms with van der Waals surface area (Å²) in [5.41, 5.74) is 1.70. The number of carbonyl (C=O) groups is 2. The van der Waals surface area contributed by atoms with E-state index in [2.05, 4.69) is 4.98 Å². The van der Waals surface area contributed by atoms with Gasteiger partial charge in [0, 0.05) is 12.4 Å². The minimum Gasteiger partial charge on any atom is -0.493 e. The minimum absolute atomic E-state index is 0.130. The van der Waals surface area contributed by atoms with E-state index >= 15 is 0 Å². The van der Waals surface area contributed by atoms with E-state index in [1.807, 2.05) is 30.3 Å². The number of benzene rings is 2. The Bertz CT molecular complexity index is 1230. The van der Waals surface area contributed by atoms with Gasteiger partial charge < -0.3 is 18.9 Å². The molecule has 0 atom stereocenters. The summed E-state index contributed by atoms with van der Waals surface area (Å²) in [6.45, 7) is 0.655. The molecule has 0 aliphatic carbocycles. The van der Waals surface area contributed by atoms with Gasteiger partial charge in [0.2, 0.25) is 0 Å². The van der Waals surface area contributed by atoms with Gasteiger partial charge in [-0.3, -0.25) is 19.5 Å². The number of ether oxygens (including phenoxy) is 4. The number of para-hydroxylation sites is 2. The van der Waals surface area contributed by atoms with Crippen LogP contribution in [0.1, 0.15) is 11.1 Å². The van der Waals surface area contributed by atoms with Gasteiger partial charge in [0.1, 0.15) is 13.2 Å². The number of thioether (sulfide) groups is 1. The van der Waals surface area contributed by atoms with Crippen molar-refractivity contribution in [2.75, 3.05) is 27.4 Å². The quantitative estimate of drug-likeness (QED) is 0.373. The zero-order valence-corrected chi connectivity index (χ0v) is 20.1. The average molecular weight is 493 g/mol. The van der Waals surface area contributed by atoms with E-state index in [1.165, 1.54) is 4.90 Å². The van der Waals surface area contributed by atoms with Gasteiger partial charge in [-0.25, -0.2) is 0 Å². The highest BCUT2D eigenvalue weighted by atomic mass is 32.2. The summed E-state index contributed by atoms with van der Waals surface area (Å²) in [5.74, 6) is 1.88. The third-order valence-electron chi connectivity index (χ3n) is 5.14. The van der Waals surface area contributed by atoms with Crippen LogP contribution in [0, 0.1) is 0 Å². The molecule has 0 spiro atoms. The second-order valence-corrected chi connectivity index (χ2v) is 8.38. The van der Waals surface area contributed by atoms with E-state index in [1.54, 1.807) is 57.0 Å². The maximum atomic E-state index is 12.8. The summed E-state index contributed by atoms with van der Waals surface area (Å²) >= 11 is 0.896. The Hall–Kier alpha value is -3.98. The summed E-state index contributed by atoms with van der Waals surface area (Å²) in [4.78, 5) is 30.8. The zero-order valence-electron chi connectivity index (χ0n) is 19.3. The number of imide groups is 1. The molecule has 0 radical (unpaired) electrons. The lowest BCUT2D eigenvalue weighted by Gasteiger charge is -2.14. The van der Waals surface area contributed by atoms with Gasteiger partial charge in [-0.1, -0.05) is 18.2 Å². The van der Waals surface area contributed by atoms with Crippen molar-refractivity contribution in [3.8, 4) is 23.0 Å². The zero-order chi connectivity index (χ0) is 24.6. The van der Waals surface area contributed by atoms with Crippen LogP contribution in [0.4, 0.5) is 4.79 Å². The second-order valence-electron chi connectivity index (χ2n) is 7.39. The van der Waals surface area contributed by atoms with Crippen LogP contribution < -0.4 is 18.9 Å². The van der Waals surface area contributed by atoms with Gasteiger partial charge in [-0.2, -0.15) is 0 Å². The number of hydrogen-bond acceptors (Lipinski definition) is 8. The number of aromatic nitrogens is 1. The van der Waals surface area contributed by atoms with E-state index in [0.29, 0.717) is 40.1 Å². The molecule has 1 saturated heterocycles. The van der Waals surface area contributed by atoms with E-state index in [4.69, 9.17) is 18.9 Å². The summed E-state index contributed by atoms with van der Waals surface area (Å²) < 4.78 is 22.3. The third-order valence-corrected chi connectivity index (χ3v) is 6.05. The second kappa shape index (κ2) is 11.4. The lowest BCUT2D eigenvalue weighted by molar-refractivity contribution is -0.123. The fraction of sp³-hybridized carbons (Fsp3) is 0.192. The van der Waals surface area contributed by atoms with Gasteiger partial charge in [-0.15, -0.1) is 0 Å². The predicted molar refractivity (Wildman–Crippen MR) is 133 cm³/mol. The van der Waals surface area contributed by atoms with Crippen LogP contribution in [-0.4, -0.2) is 48.4 Å². The first kappa shape index (κ1) is 24.2. The first-order chi connectivity index (χ1) is 17.1. The van der Waals surface area contributed by atoms with Crippen LogP contribution in [0.5, 0.6) is 23.0 Å². The number of hydrogen-bond donors (Lipinski definition) is 0. The maximum absolute atomic E-state index is 12.8. The summed E-state index contributed by atoms with van der Waals surface area (Å²) in [7, 11) is 3.10. The molecule has 1 aliphatic rings. The Morgan fingerprint density at radius 3 is 2.34 bits per heavy atom. The van der Waals surface area contributed by atoms with Gasteiger partial charge >= 0.3 is 0 Å². The van der Waals surface area contributed by atoms with Crippen molar-refractivity contribution in [1.82, 2.24) is 9.88 Å². The Labute approximate surface area is 207 Å². The number of amides is 2. The number of carbonyl (C=O) groups excluding carboxylic acids is 2. The normalized spacial score (nSPS) is 14.3. The molecule has 9 heteroatoms. The van der Waals surface area contributed by atoms with E-state index in [0.717, 1.165) is 17.3 Å². The molecule has 35 heavy (non-hydrogen) atoms. The van der Waals surface area contributed by atoms with Crippen molar-refractivity contribution in [2.24, 2.45) is 0 Å². The fourth-order valence-corrected chi connectivity index (χ4v) is 4.23. The number of nitrogens with zero attached hydrogens (tertiary/aromatic N) is 2. The Balaban J connectivity index is 1.40. The lowest BCUT2D eigenvalue weighted by Crippen LogP contribution is -2.32. The standard InChI is InChI=1S/C26H24N2O6S/c1-31-20-5-3-4-6-21(20)33-14-13-28-25(29)24(35-26(28)30)16-19-7-8-22(23(15-19)32-2)34-17-18-9-11-27-12-10-18/h3-12,15-16H,13-14,17H2,1-2H3/b24-16-. The minimum atomic E-state index is -0.361. The molecule has 1 aliphatic heterocycles. The third kappa shape index (κ3) is 5.93. The molecule has 1 aromatic heterocycles. The Morgan fingerprint density at radius 2 is 1.60 bits per heavy atom. The molecule has 180 valence electrons. The highest BCUT2D eigenvalue weighted by Crippen LogP contribution is 2.35. The van der Waals surface area contributed by atoms with Gasteiger partial charge in [0.25, 0.3) is 11.1 Å². The molecule has 0 N–H and O–H groups in total. The molecule has 1 fully saturated rings. The van der Waals surface area contributed by atoms with Crippen LogP contribution in [0.15, 0.2) is 71.9 Å². The van der Waals surface area contributed by atoms with Crippen molar-refractivity contribution in [1.29, 1.82) is 0 Å². The van der Waals surface area contributed by atoms with Crippen LogP contribution in [-0.2, 0) is 11.4 Å². The SMILES string of the molecule is COc1ccccc1OCCN1C(=O)S/C(=C\c2ccc(OCc3ccncc3)c(OC)c2)C1=O. The first-order valence-corrected chi connectivity index (χ1v) is 11.6. The van der Waals surface area contributed by atoms with Gasteiger partial charge in [-0.05, 0) is 65.4 Å². The van der Waals surface area contributed by atoms with Gasteiger partial charge in [0.05, 0.1) is 25.7 Å². The number of rotatable bonds is 10. The molecule has 8 nitrogen and oxygen atoms in total. The maximum Gasteiger partial charge on any atom is 0.293 e. The van der Waals surface area contributed by atoms with Crippen molar-refractivity contribution >= 4 is 29.0 Å². The summed E-state index contributed by atoms with van der Waals surface area (Å²) in [6, 6.07) is 16.3. The topological polar surface area (TPSA) is 87.2 Å². The monoisotopic (exact) mass is 492 g/mol. The van der Waals surface area contributed by atoms with E-state index in [-0.39, 0.29) is 24.3 Å². The molecule has 0 bridgehead atoms. The molecular weight excluding hydrogens is 468 g/mol. The highest BCUT2D eigenvalue weighted by Gasteiger charge is 2.34. The smallest absolute Gasteiger partial charge is 0.293 e. The molecule has 4 rings (SSSR count). The number of methoxy groups -OCH3 is 2. The van der Waals surface area contributed by atoms with Crippen LogP contribution >= 0.6 is 11.8 Å². The van der Waals surface area contributed by atoms with Crippen molar-refractivity contribution in [3.63, 3.8) is 0 Å². The van der Waals surface area contributed by atoms with Crippen LogP contribution in [0.3, 0.4) is 0 Å². The molecule has 0 unspecified atom stereocenters. The molecular formula is C26H24N2O6S. The van der Waals surface area contributed by atoms with Crippen molar-refractivity contribution in [3.05, 3.63) is 83.0 Å². The molecule has 2 amide bonds. The predicted octanol–water partition coefficient (Wildman–Crippen LogP) is 4.79.